The summed E-state index contributed by atoms with van der Waals surface area (Å²) in [4.78, 5) is 19.1. The highest BCUT2D eigenvalue weighted by molar-refractivity contribution is 5.85. The first-order chi connectivity index (χ1) is 12.2. The highest BCUT2D eigenvalue weighted by Crippen LogP contribution is 2.33. The Balaban J connectivity index is 0.00000196. The van der Waals surface area contributed by atoms with Crippen LogP contribution in [-0.4, -0.2) is 15.9 Å². The van der Waals surface area contributed by atoms with Crippen molar-refractivity contribution >= 4 is 29.7 Å². The molecular weight excluding hydrogens is 348 g/mol. The van der Waals surface area contributed by atoms with Crippen LogP contribution in [0.3, 0.4) is 0 Å². The van der Waals surface area contributed by atoms with Crippen LogP contribution in [0.5, 0.6) is 0 Å². The molecule has 0 spiro atoms. The number of aromatic nitrogens is 2. The topological polar surface area (TPSA) is 83.8 Å². The maximum absolute atomic E-state index is 11.0. The third-order valence-corrected chi connectivity index (χ3v) is 4.54. The Kier molecular flexibility index (Phi) is 5.28. The third-order valence-electron chi connectivity index (χ3n) is 4.54. The summed E-state index contributed by atoms with van der Waals surface area (Å²) in [5, 5.41) is 3.52. The lowest BCUT2D eigenvalue weighted by molar-refractivity contribution is -0.117. The predicted octanol–water partition coefficient (Wildman–Crippen LogP) is 3.76. The van der Waals surface area contributed by atoms with Crippen LogP contribution in [0.25, 0.3) is 11.4 Å². The minimum absolute atomic E-state index is 0. The molecule has 0 fully saturated rings. The summed E-state index contributed by atoms with van der Waals surface area (Å²) >= 11 is 0. The molecule has 0 radical (unpaired) electrons. The van der Waals surface area contributed by atoms with Crippen LogP contribution in [0.4, 0.5) is 11.4 Å². The number of carbonyl (C=O) groups excluding carboxylic acids is 1. The van der Waals surface area contributed by atoms with E-state index in [0.717, 1.165) is 47.6 Å². The van der Waals surface area contributed by atoms with E-state index in [1.807, 2.05) is 42.6 Å². The molecule has 0 saturated carbocycles. The molecule has 5 nitrogen and oxygen atoms in total. The van der Waals surface area contributed by atoms with Crippen LogP contribution in [-0.2, 0) is 24.1 Å². The number of primary amides is 1. The number of amides is 1. The first-order valence-corrected chi connectivity index (χ1v) is 8.50. The van der Waals surface area contributed by atoms with Crippen molar-refractivity contribution in [2.75, 3.05) is 5.32 Å². The quantitative estimate of drug-likeness (QED) is 0.641. The Morgan fingerprint density at radius 3 is 2.69 bits per heavy atom. The minimum Gasteiger partial charge on any atom is -0.369 e. The number of H-pyrrole nitrogens is 1. The molecule has 4 rings (SSSR count). The van der Waals surface area contributed by atoms with E-state index < -0.39 is 0 Å². The molecule has 1 aliphatic carbocycles. The maximum atomic E-state index is 11.0. The van der Waals surface area contributed by atoms with Gasteiger partial charge in [-0.3, -0.25) is 9.78 Å². The van der Waals surface area contributed by atoms with E-state index in [2.05, 4.69) is 16.4 Å². The summed E-state index contributed by atoms with van der Waals surface area (Å²) in [5.41, 5.74) is 12.7. The van der Waals surface area contributed by atoms with Gasteiger partial charge in [-0.2, -0.15) is 0 Å². The average Bonchev–Trinajstić information content (AvgIpc) is 3.27. The molecule has 2 aromatic heterocycles. The van der Waals surface area contributed by atoms with Crippen LogP contribution in [0.2, 0.25) is 0 Å². The van der Waals surface area contributed by atoms with E-state index in [-0.39, 0.29) is 24.7 Å². The zero-order valence-corrected chi connectivity index (χ0v) is 15.1. The van der Waals surface area contributed by atoms with Crippen molar-refractivity contribution in [3.63, 3.8) is 0 Å². The van der Waals surface area contributed by atoms with Crippen molar-refractivity contribution < 1.29 is 4.79 Å². The molecule has 1 aromatic carbocycles. The van der Waals surface area contributed by atoms with Gasteiger partial charge in [-0.1, -0.05) is 12.1 Å². The second-order valence-corrected chi connectivity index (χ2v) is 6.38. The number of nitrogens with one attached hydrogen (secondary N) is 2. The van der Waals surface area contributed by atoms with Gasteiger partial charge in [-0.15, -0.1) is 12.4 Å². The molecule has 26 heavy (non-hydrogen) atoms. The van der Waals surface area contributed by atoms with Gasteiger partial charge in [0.25, 0.3) is 0 Å². The first-order valence-electron chi connectivity index (χ1n) is 8.50. The monoisotopic (exact) mass is 368 g/mol. The number of hydrogen-bond donors (Lipinski definition) is 3. The number of halogens is 1. The van der Waals surface area contributed by atoms with Gasteiger partial charge in [-0.25, -0.2) is 0 Å². The average molecular weight is 369 g/mol. The fraction of sp³-hybridized carbons (Fsp3) is 0.200. The highest BCUT2D eigenvalue weighted by Gasteiger charge is 2.19. The Bertz CT molecular complexity index is 904. The third kappa shape index (κ3) is 3.73. The van der Waals surface area contributed by atoms with E-state index in [1.165, 1.54) is 11.3 Å². The molecule has 0 aliphatic heterocycles. The predicted molar refractivity (Wildman–Crippen MR) is 106 cm³/mol. The van der Waals surface area contributed by atoms with Gasteiger partial charge in [0, 0.05) is 23.3 Å². The Labute approximate surface area is 158 Å². The van der Waals surface area contributed by atoms with Crippen LogP contribution in [0.1, 0.15) is 23.2 Å². The number of hydrogen-bond acceptors (Lipinski definition) is 3. The molecular formula is C20H21ClN4O. The lowest BCUT2D eigenvalue weighted by atomic mass is 10.1. The number of pyridine rings is 1. The number of rotatable bonds is 5. The van der Waals surface area contributed by atoms with E-state index in [0.29, 0.717) is 0 Å². The van der Waals surface area contributed by atoms with Gasteiger partial charge in [0.1, 0.15) is 0 Å². The van der Waals surface area contributed by atoms with Gasteiger partial charge in [0.2, 0.25) is 5.91 Å². The molecule has 6 heteroatoms. The SMILES string of the molecule is Cl.NC(=O)Cc1ccc(Nc2cc(-c3ccc[nH]3)nc3c2CCC3)cc1. The summed E-state index contributed by atoms with van der Waals surface area (Å²) in [6.45, 7) is 0. The minimum atomic E-state index is -0.316. The molecule has 0 unspecified atom stereocenters. The summed E-state index contributed by atoms with van der Waals surface area (Å²) in [6, 6.07) is 13.9. The maximum Gasteiger partial charge on any atom is 0.221 e. The van der Waals surface area contributed by atoms with Gasteiger partial charge in [0.15, 0.2) is 0 Å². The zero-order chi connectivity index (χ0) is 17.2. The smallest absolute Gasteiger partial charge is 0.221 e. The summed E-state index contributed by atoms with van der Waals surface area (Å²) in [5.74, 6) is -0.316. The molecule has 4 N–H and O–H groups in total. The summed E-state index contributed by atoms with van der Waals surface area (Å²) in [6.07, 6.45) is 5.39. The van der Waals surface area contributed by atoms with Crippen molar-refractivity contribution in [3.05, 3.63) is 65.5 Å². The van der Waals surface area contributed by atoms with Gasteiger partial charge < -0.3 is 16.0 Å². The molecule has 134 valence electrons. The molecule has 0 saturated heterocycles. The standard InChI is InChI=1S/C20H20N4O.ClH/c21-20(25)11-13-6-8-14(9-7-13)23-18-12-19(17-5-2-10-22-17)24-16-4-1-3-15(16)18;/h2,5-10,12,22H,1,3-4,11H2,(H2,21,25)(H,23,24);1H. The van der Waals surface area contributed by atoms with Gasteiger partial charge in [0.05, 0.1) is 17.8 Å². The molecule has 3 aromatic rings. The van der Waals surface area contributed by atoms with Crippen LogP contribution in [0.15, 0.2) is 48.7 Å². The van der Waals surface area contributed by atoms with E-state index in [9.17, 15) is 4.79 Å². The van der Waals surface area contributed by atoms with Crippen molar-refractivity contribution in [2.24, 2.45) is 5.73 Å². The number of carbonyl (C=O) groups is 1. The number of fused-ring (bicyclic) bond motifs is 1. The first kappa shape index (κ1) is 18.0. The van der Waals surface area contributed by atoms with Gasteiger partial charge in [-0.05, 0) is 60.7 Å². The Morgan fingerprint density at radius 1 is 1.19 bits per heavy atom. The van der Waals surface area contributed by atoms with Crippen molar-refractivity contribution in [3.8, 4) is 11.4 Å². The summed E-state index contributed by atoms with van der Waals surface area (Å²) in [7, 11) is 0. The molecule has 1 aliphatic rings. The molecule has 2 heterocycles. The largest absolute Gasteiger partial charge is 0.369 e. The summed E-state index contributed by atoms with van der Waals surface area (Å²) < 4.78 is 0. The molecule has 0 atom stereocenters. The van der Waals surface area contributed by atoms with Crippen molar-refractivity contribution in [1.82, 2.24) is 9.97 Å². The van der Waals surface area contributed by atoms with Crippen LogP contribution in [0, 0.1) is 0 Å². The Hall–Kier alpha value is -2.79. The van der Waals surface area contributed by atoms with Crippen LogP contribution >= 0.6 is 12.4 Å². The number of nitrogens with zero attached hydrogens (tertiary/aromatic N) is 1. The molecule has 0 bridgehead atoms. The van der Waals surface area contributed by atoms with Crippen molar-refractivity contribution in [1.29, 1.82) is 0 Å². The lowest BCUT2D eigenvalue weighted by Crippen LogP contribution is -2.13. The number of aryl methyl sites for hydroxylation is 1. The lowest BCUT2D eigenvalue weighted by Gasteiger charge is -2.13. The van der Waals surface area contributed by atoms with E-state index >= 15 is 0 Å². The number of anilines is 2. The Morgan fingerprint density at radius 2 is 2.00 bits per heavy atom. The number of aromatic amines is 1. The van der Waals surface area contributed by atoms with Gasteiger partial charge >= 0.3 is 0 Å². The normalized spacial score (nSPS) is 12.3. The fourth-order valence-corrected chi connectivity index (χ4v) is 3.34. The number of nitrogens with two attached hydrogens (primary N) is 1. The van der Waals surface area contributed by atoms with Crippen LogP contribution < -0.4 is 11.1 Å². The highest BCUT2D eigenvalue weighted by atomic mass is 35.5. The fourth-order valence-electron chi connectivity index (χ4n) is 3.34. The molecule has 1 amide bonds. The van der Waals surface area contributed by atoms with Crippen molar-refractivity contribution in [2.45, 2.75) is 25.7 Å². The second kappa shape index (κ2) is 7.62. The van der Waals surface area contributed by atoms with E-state index in [4.69, 9.17) is 10.7 Å². The second-order valence-electron chi connectivity index (χ2n) is 6.38. The number of benzene rings is 1. The van der Waals surface area contributed by atoms with E-state index in [1.54, 1.807) is 0 Å². The zero-order valence-electron chi connectivity index (χ0n) is 14.3.